The lowest BCUT2D eigenvalue weighted by Gasteiger charge is -2.03. The number of aromatic amines is 2. The molecule has 0 saturated carbocycles. The molecular formula is C20H15F2N7. The van der Waals surface area contributed by atoms with E-state index in [-0.39, 0.29) is 12.1 Å². The van der Waals surface area contributed by atoms with Gasteiger partial charge in [-0.15, -0.1) is 0 Å². The van der Waals surface area contributed by atoms with Crippen molar-refractivity contribution in [1.82, 2.24) is 34.9 Å². The largest absolute Gasteiger partial charge is 0.344 e. The molecule has 1 aromatic carbocycles. The summed E-state index contributed by atoms with van der Waals surface area (Å²) in [4.78, 5) is 12.3. The number of fused-ring (bicyclic) bond motifs is 1. The van der Waals surface area contributed by atoms with Crippen LogP contribution >= 0.6 is 0 Å². The van der Waals surface area contributed by atoms with Gasteiger partial charge in [0.2, 0.25) is 0 Å². The monoisotopic (exact) mass is 391 g/mol. The summed E-state index contributed by atoms with van der Waals surface area (Å²) in [5.41, 5.74) is 5.68. The number of hydrogen-bond acceptors (Lipinski definition) is 4. The van der Waals surface area contributed by atoms with Crippen LogP contribution in [0.4, 0.5) is 8.78 Å². The van der Waals surface area contributed by atoms with Gasteiger partial charge in [-0.05, 0) is 25.1 Å². The highest BCUT2D eigenvalue weighted by atomic mass is 19.1. The lowest BCUT2D eigenvalue weighted by atomic mass is 10.1. The Morgan fingerprint density at radius 3 is 2.83 bits per heavy atom. The van der Waals surface area contributed by atoms with Crippen LogP contribution in [0.2, 0.25) is 0 Å². The van der Waals surface area contributed by atoms with Crippen LogP contribution in [-0.2, 0) is 6.54 Å². The maximum Gasteiger partial charge on any atom is 0.156 e. The fourth-order valence-corrected chi connectivity index (χ4v) is 3.28. The van der Waals surface area contributed by atoms with Crippen molar-refractivity contribution < 1.29 is 8.78 Å². The first-order valence-corrected chi connectivity index (χ1v) is 8.90. The zero-order valence-corrected chi connectivity index (χ0v) is 15.3. The zero-order valence-electron chi connectivity index (χ0n) is 15.3. The van der Waals surface area contributed by atoms with Crippen molar-refractivity contribution in [3.8, 4) is 22.4 Å². The minimum absolute atomic E-state index is 0.122. The predicted octanol–water partition coefficient (Wildman–Crippen LogP) is 3.85. The third-order valence-electron chi connectivity index (χ3n) is 4.77. The molecule has 0 fully saturated rings. The molecule has 0 amide bonds. The molecule has 9 heteroatoms. The van der Waals surface area contributed by atoms with Gasteiger partial charge in [0.25, 0.3) is 0 Å². The van der Waals surface area contributed by atoms with Gasteiger partial charge in [-0.25, -0.2) is 18.7 Å². The van der Waals surface area contributed by atoms with Gasteiger partial charge in [-0.1, -0.05) is 0 Å². The Bertz CT molecular complexity index is 1330. The van der Waals surface area contributed by atoms with Crippen molar-refractivity contribution in [3.05, 3.63) is 72.1 Å². The molecule has 5 rings (SSSR count). The van der Waals surface area contributed by atoms with E-state index >= 15 is 0 Å². The Morgan fingerprint density at radius 1 is 1.10 bits per heavy atom. The van der Waals surface area contributed by atoms with E-state index < -0.39 is 11.6 Å². The number of H-pyrrole nitrogens is 2. The standard InChI is InChI=1S/C20H15F2N7/c1-11-15(7-25-28-11)18-8-24-20-19(27-18)16(6-23-20)13-5-26-29(10-13)9-12-4-14(21)2-3-17(12)22/h2-8,10H,9H2,1H3,(H,23,24)(H,25,28). The predicted molar refractivity (Wildman–Crippen MR) is 103 cm³/mol. The Kier molecular flexibility index (Phi) is 3.94. The number of aromatic nitrogens is 7. The molecule has 0 spiro atoms. The molecule has 0 bridgehead atoms. The van der Waals surface area contributed by atoms with E-state index in [4.69, 9.17) is 4.98 Å². The first kappa shape index (κ1) is 17.2. The van der Waals surface area contributed by atoms with E-state index in [1.807, 2.05) is 6.92 Å². The summed E-state index contributed by atoms with van der Waals surface area (Å²) in [6.07, 6.45) is 8.64. The molecule has 0 atom stereocenters. The van der Waals surface area contributed by atoms with Gasteiger partial charge in [0.1, 0.15) is 17.2 Å². The highest BCUT2D eigenvalue weighted by Crippen LogP contribution is 2.28. The van der Waals surface area contributed by atoms with Gasteiger partial charge in [-0.3, -0.25) is 9.78 Å². The first-order chi connectivity index (χ1) is 14.1. The molecule has 0 aliphatic carbocycles. The van der Waals surface area contributed by atoms with E-state index in [0.29, 0.717) is 16.9 Å². The molecule has 29 heavy (non-hydrogen) atoms. The van der Waals surface area contributed by atoms with Crippen molar-refractivity contribution in [2.45, 2.75) is 13.5 Å². The van der Waals surface area contributed by atoms with Crippen molar-refractivity contribution in [1.29, 1.82) is 0 Å². The molecule has 4 heterocycles. The maximum atomic E-state index is 13.9. The summed E-state index contributed by atoms with van der Waals surface area (Å²) in [5.74, 6) is -0.954. The molecule has 0 radical (unpaired) electrons. The molecule has 144 valence electrons. The van der Waals surface area contributed by atoms with Crippen LogP contribution in [0.1, 0.15) is 11.3 Å². The molecule has 0 aliphatic rings. The lowest BCUT2D eigenvalue weighted by Crippen LogP contribution is -2.02. The number of nitrogens with one attached hydrogen (secondary N) is 2. The minimum atomic E-state index is -0.484. The fourth-order valence-electron chi connectivity index (χ4n) is 3.28. The van der Waals surface area contributed by atoms with Crippen LogP contribution in [0, 0.1) is 18.6 Å². The third-order valence-corrected chi connectivity index (χ3v) is 4.77. The van der Waals surface area contributed by atoms with Gasteiger partial charge >= 0.3 is 0 Å². The summed E-state index contributed by atoms with van der Waals surface area (Å²) in [5, 5.41) is 11.2. The lowest BCUT2D eigenvalue weighted by molar-refractivity contribution is 0.566. The van der Waals surface area contributed by atoms with Crippen LogP contribution in [0.5, 0.6) is 0 Å². The summed E-state index contributed by atoms with van der Waals surface area (Å²) in [7, 11) is 0. The molecule has 0 aliphatic heterocycles. The second kappa shape index (κ2) is 6.62. The zero-order chi connectivity index (χ0) is 20.0. The van der Waals surface area contributed by atoms with E-state index in [1.165, 1.54) is 6.07 Å². The van der Waals surface area contributed by atoms with Gasteiger partial charge < -0.3 is 4.98 Å². The Labute approximate surface area is 163 Å². The Morgan fingerprint density at radius 2 is 2.00 bits per heavy atom. The number of halogens is 2. The average molecular weight is 391 g/mol. The normalized spacial score (nSPS) is 11.4. The summed E-state index contributed by atoms with van der Waals surface area (Å²) in [6.45, 7) is 2.04. The van der Waals surface area contributed by atoms with E-state index in [0.717, 1.165) is 34.5 Å². The number of nitrogens with zero attached hydrogens (tertiary/aromatic N) is 5. The summed E-state index contributed by atoms with van der Waals surface area (Å²) < 4.78 is 28.9. The Hall–Kier alpha value is -3.88. The SMILES string of the molecule is Cc1[nH]ncc1-c1cnc2[nH]cc(-c3cnn(Cc4cc(F)ccc4F)c3)c2n1. The van der Waals surface area contributed by atoms with Crippen LogP contribution in [0.15, 0.2) is 49.2 Å². The van der Waals surface area contributed by atoms with Crippen molar-refractivity contribution >= 4 is 11.2 Å². The number of benzene rings is 1. The van der Waals surface area contributed by atoms with Crippen LogP contribution in [0.25, 0.3) is 33.5 Å². The van der Waals surface area contributed by atoms with Gasteiger partial charge in [-0.2, -0.15) is 10.2 Å². The number of aryl methyl sites for hydroxylation is 1. The quantitative estimate of drug-likeness (QED) is 0.487. The summed E-state index contributed by atoms with van der Waals surface area (Å²) >= 11 is 0. The first-order valence-electron chi connectivity index (χ1n) is 8.90. The third kappa shape index (κ3) is 3.06. The minimum Gasteiger partial charge on any atom is -0.344 e. The topological polar surface area (TPSA) is 88.1 Å². The molecule has 4 aromatic heterocycles. The fraction of sp³-hybridized carbons (Fsp3) is 0.100. The second-order valence-electron chi connectivity index (χ2n) is 6.73. The molecule has 7 nitrogen and oxygen atoms in total. The van der Waals surface area contributed by atoms with Crippen molar-refractivity contribution in [3.63, 3.8) is 0 Å². The summed E-state index contributed by atoms with van der Waals surface area (Å²) in [6, 6.07) is 3.38. The molecule has 0 saturated heterocycles. The molecular weight excluding hydrogens is 376 g/mol. The smallest absolute Gasteiger partial charge is 0.156 e. The van der Waals surface area contributed by atoms with E-state index in [1.54, 1.807) is 35.7 Å². The van der Waals surface area contributed by atoms with Crippen LogP contribution < -0.4 is 0 Å². The highest BCUT2D eigenvalue weighted by Gasteiger charge is 2.14. The van der Waals surface area contributed by atoms with Gasteiger partial charge in [0, 0.05) is 40.3 Å². The molecule has 0 unspecified atom stereocenters. The van der Waals surface area contributed by atoms with Crippen molar-refractivity contribution in [2.75, 3.05) is 0 Å². The Balaban J connectivity index is 1.51. The van der Waals surface area contributed by atoms with Gasteiger partial charge in [0.05, 0.1) is 30.8 Å². The maximum absolute atomic E-state index is 13.9. The average Bonchev–Trinajstić information content (AvgIpc) is 3.43. The van der Waals surface area contributed by atoms with E-state index in [9.17, 15) is 8.78 Å². The molecule has 5 aromatic rings. The second-order valence-corrected chi connectivity index (χ2v) is 6.73. The van der Waals surface area contributed by atoms with Gasteiger partial charge in [0.15, 0.2) is 5.65 Å². The molecule has 2 N–H and O–H groups in total. The van der Waals surface area contributed by atoms with Crippen molar-refractivity contribution in [2.24, 2.45) is 0 Å². The number of hydrogen-bond donors (Lipinski definition) is 2. The van der Waals surface area contributed by atoms with Crippen LogP contribution in [0.3, 0.4) is 0 Å². The highest BCUT2D eigenvalue weighted by molar-refractivity contribution is 5.91. The van der Waals surface area contributed by atoms with Crippen LogP contribution in [-0.4, -0.2) is 34.9 Å². The number of rotatable bonds is 4. The van der Waals surface area contributed by atoms with E-state index in [2.05, 4.69) is 25.3 Å².